The molecule has 0 aliphatic heterocycles. The molecule has 4 nitrogen and oxygen atoms in total. The van der Waals surface area contributed by atoms with Crippen molar-refractivity contribution in [2.45, 2.75) is 25.9 Å². The fourth-order valence-corrected chi connectivity index (χ4v) is 3.10. The van der Waals surface area contributed by atoms with E-state index in [1.807, 2.05) is 49.4 Å². The van der Waals surface area contributed by atoms with Crippen LogP contribution in [-0.2, 0) is 0 Å². The maximum Gasteiger partial charge on any atom is 0.134 e. The van der Waals surface area contributed by atoms with Gasteiger partial charge in [-0.2, -0.15) is 0 Å². The third kappa shape index (κ3) is 3.16. The van der Waals surface area contributed by atoms with E-state index in [9.17, 15) is 5.11 Å². The van der Waals surface area contributed by atoms with E-state index >= 15 is 0 Å². The summed E-state index contributed by atoms with van der Waals surface area (Å²) in [6.07, 6.45) is 0. The van der Waals surface area contributed by atoms with Crippen LogP contribution >= 0.6 is 0 Å². The van der Waals surface area contributed by atoms with E-state index in [-0.39, 0.29) is 18.7 Å². The van der Waals surface area contributed by atoms with Crippen molar-refractivity contribution in [2.75, 3.05) is 13.7 Å². The van der Waals surface area contributed by atoms with E-state index in [0.717, 1.165) is 33.6 Å². The quantitative estimate of drug-likeness (QED) is 0.715. The van der Waals surface area contributed by atoms with Crippen molar-refractivity contribution in [3.8, 4) is 5.75 Å². The molecule has 2 aromatic carbocycles. The molecule has 3 rings (SSSR count). The third-order valence-electron chi connectivity index (χ3n) is 4.40. The summed E-state index contributed by atoms with van der Waals surface area (Å²) in [4.78, 5) is 0. The van der Waals surface area contributed by atoms with Crippen LogP contribution in [0.2, 0.25) is 0 Å². The first kappa shape index (κ1) is 16.6. The summed E-state index contributed by atoms with van der Waals surface area (Å²) in [5.74, 6) is 1.68. The number of fused-ring (bicyclic) bond motifs is 1. The van der Waals surface area contributed by atoms with Crippen LogP contribution in [0.15, 0.2) is 52.9 Å². The van der Waals surface area contributed by atoms with Gasteiger partial charge in [0.05, 0.1) is 25.8 Å². The van der Waals surface area contributed by atoms with Crippen LogP contribution in [0.3, 0.4) is 0 Å². The number of hydrogen-bond donors (Lipinski definition) is 2. The Bertz CT molecular complexity index is 825. The Labute approximate surface area is 142 Å². The Hall–Kier alpha value is -2.30. The molecule has 126 valence electrons. The summed E-state index contributed by atoms with van der Waals surface area (Å²) < 4.78 is 11.3. The lowest BCUT2D eigenvalue weighted by Crippen LogP contribution is -2.27. The van der Waals surface area contributed by atoms with Crippen LogP contribution < -0.4 is 10.1 Å². The van der Waals surface area contributed by atoms with Crippen LogP contribution in [0.1, 0.15) is 35.9 Å². The van der Waals surface area contributed by atoms with Gasteiger partial charge in [0.2, 0.25) is 0 Å². The molecule has 0 bridgehead atoms. The number of ether oxygens (including phenoxy) is 1. The number of aliphatic hydroxyl groups is 1. The minimum atomic E-state index is -0.192. The molecule has 0 aliphatic carbocycles. The Morgan fingerprint density at radius 1 is 1.17 bits per heavy atom. The Morgan fingerprint density at radius 2 is 1.96 bits per heavy atom. The van der Waals surface area contributed by atoms with E-state index in [2.05, 4.69) is 18.3 Å². The third-order valence-corrected chi connectivity index (χ3v) is 4.40. The molecule has 4 heteroatoms. The van der Waals surface area contributed by atoms with Crippen LogP contribution in [0.25, 0.3) is 11.0 Å². The number of nitrogens with one attached hydrogen (secondary N) is 1. The standard InChI is InChI=1S/C20H23NO3/c1-13-17-9-4-5-10-19(17)24-20(13)14(2)21-18(12-22)15-7-6-8-16(11-15)23-3/h4-11,14,18,21-22H,12H2,1-3H3. The number of hydrogen-bond acceptors (Lipinski definition) is 4. The van der Waals surface area contributed by atoms with Gasteiger partial charge in [-0.25, -0.2) is 0 Å². The number of methoxy groups -OCH3 is 1. The second kappa shape index (κ2) is 7.07. The van der Waals surface area contributed by atoms with Crippen molar-refractivity contribution in [1.82, 2.24) is 5.32 Å². The van der Waals surface area contributed by atoms with Gasteiger partial charge >= 0.3 is 0 Å². The van der Waals surface area contributed by atoms with Gasteiger partial charge in [0.1, 0.15) is 17.1 Å². The van der Waals surface area contributed by atoms with E-state index in [4.69, 9.17) is 9.15 Å². The average molecular weight is 325 g/mol. The second-order valence-electron chi connectivity index (χ2n) is 5.99. The molecule has 2 N–H and O–H groups in total. The number of rotatable bonds is 6. The molecular formula is C20H23NO3. The van der Waals surface area contributed by atoms with Crippen LogP contribution in [-0.4, -0.2) is 18.8 Å². The minimum Gasteiger partial charge on any atom is -0.497 e. The van der Waals surface area contributed by atoms with Gasteiger partial charge in [0.15, 0.2) is 0 Å². The molecular weight excluding hydrogens is 302 g/mol. The zero-order valence-electron chi connectivity index (χ0n) is 14.2. The lowest BCUT2D eigenvalue weighted by molar-refractivity contribution is 0.230. The highest BCUT2D eigenvalue weighted by atomic mass is 16.5. The lowest BCUT2D eigenvalue weighted by atomic mass is 10.0. The summed E-state index contributed by atoms with van der Waals surface area (Å²) in [5.41, 5.74) is 3.01. The Balaban J connectivity index is 1.85. The van der Waals surface area contributed by atoms with Crippen molar-refractivity contribution in [2.24, 2.45) is 0 Å². The molecule has 0 saturated heterocycles. The van der Waals surface area contributed by atoms with Gasteiger partial charge in [0, 0.05) is 5.39 Å². The van der Waals surface area contributed by atoms with Crippen molar-refractivity contribution in [1.29, 1.82) is 0 Å². The Kier molecular flexibility index (Phi) is 4.88. The molecule has 24 heavy (non-hydrogen) atoms. The normalized spacial score (nSPS) is 13.8. The van der Waals surface area contributed by atoms with Crippen molar-refractivity contribution in [3.63, 3.8) is 0 Å². The monoisotopic (exact) mass is 325 g/mol. The van der Waals surface area contributed by atoms with Crippen LogP contribution in [0.4, 0.5) is 0 Å². The molecule has 0 amide bonds. The lowest BCUT2D eigenvalue weighted by Gasteiger charge is -2.22. The molecule has 2 atom stereocenters. The number of para-hydroxylation sites is 1. The first-order valence-corrected chi connectivity index (χ1v) is 8.13. The van der Waals surface area contributed by atoms with Gasteiger partial charge in [-0.15, -0.1) is 0 Å². The molecule has 2 unspecified atom stereocenters. The van der Waals surface area contributed by atoms with Gasteiger partial charge in [0.25, 0.3) is 0 Å². The summed E-state index contributed by atoms with van der Waals surface area (Å²) in [7, 11) is 1.64. The molecule has 0 aliphatic rings. The number of furan rings is 1. The summed E-state index contributed by atoms with van der Waals surface area (Å²) in [5, 5.41) is 14.4. The molecule has 1 aromatic heterocycles. The van der Waals surface area contributed by atoms with Crippen LogP contribution in [0.5, 0.6) is 5.75 Å². The molecule has 1 heterocycles. The van der Waals surface area contributed by atoms with E-state index in [1.54, 1.807) is 7.11 Å². The molecule has 0 spiro atoms. The molecule has 0 fully saturated rings. The van der Waals surface area contributed by atoms with E-state index in [0.29, 0.717) is 0 Å². The molecule has 0 radical (unpaired) electrons. The number of aliphatic hydroxyl groups excluding tert-OH is 1. The average Bonchev–Trinajstić information content (AvgIpc) is 2.97. The maximum absolute atomic E-state index is 9.81. The predicted octanol–water partition coefficient (Wildman–Crippen LogP) is 4.13. The highest BCUT2D eigenvalue weighted by Gasteiger charge is 2.20. The van der Waals surface area contributed by atoms with E-state index < -0.39 is 0 Å². The zero-order chi connectivity index (χ0) is 17.1. The van der Waals surface area contributed by atoms with E-state index in [1.165, 1.54) is 0 Å². The van der Waals surface area contributed by atoms with Gasteiger partial charge in [-0.1, -0.05) is 30.3 Å². The molecule has 3 aromatic rings. The Morgan fingerprint density at radius 3 is 2.67 bits per heavy atom. The highest BCUT2D eigenvalue weighted by molar-refractivity contribution is 5.82. The van der Waals surface area contributed by atoms with Crippen molar-refractivity contribution in [3.05, 3.63) is 65.4 Å². The second-order valence-corrected chi connectivity index (χ2v) is 5.99. The number of benzene rings is 2. The number of aryl methyl sites for hydroxylation is 1. The summed E-state index contributed by atoms with van der Waals surface area (Å²) in [6.45, 7) is 4.11. The van der Waals surface area contributed by atoms with Crippen LogP contribution in [0, 0.1) is 6.92 Å². The van der Waals surface area contributed by atoms with Gasteiger partial charge < -0.3 is 14.3 Å². The summed E-state index contributed by atoms with van der Waals surface area (Å²) in [6, 6.07) is 15.5. The largest absolute Gasteiger partial charge is 0.497 e. The molecule has 0 saturated carbocycles. The predicted molar refractivity (Wildman–Crippen MR) is 95.3 cm³/mol. The SMILES string of the molecule is COc1cccc(C(CO)NC(C)c2oc3ccccc3c2C)c1. The smallest absolute Gasteiger partial charge is 0.134 e. The first-order chi connectivity index (χ1) is 11.6. The fourth-order valence-electron chi connectivity index (χ4n) is 3.10. The fraction of sp³-hybridized carbons (Fsp3) is 0.300. The van der Waals surface area contributed by atoms with Gasteiger partial charge in [-0.05, 0) is 43.2 Å². The minimum absolute atomic E-state index is 0.00319. The van der Waals surface area contributed by atoms with Crippen molar-refractivity contribution < 1.29 is 14.3 Å². The topological polar surface area (TPSA) is 54.6 Å². The van der Waals surface area contributed by atoms with Gasteiger partial charge in [-0.3, -0.25) is 5.32 Å². The summed E-state index contributed by atoms with van der Waals surface area (Å²) >= 11 is 0. The van der Waals surface area contributed by atoms with Crippen molar-refractivity contribution >= 4 is 11.0 Å². The maximum atomic E-state index is 9.81. The highest BCUT2D eigenvalue weighted by Crippen LogP contribution is 2.30. The first-order valence-electron chi connectivity index (χ1n) is 8.13. The zero-order valence-corrected chi connectivity index (χ0v) is 14.2.